The molecule has 0 fully saturated rings. The number of carbonyl (C=O) groups is 1. The molecule has 3 aromatic rings. The molecule has 2 aromatic carbocycles. The molecular weight excluding hydrogens is 322 g/mol. The molecule has 1 amide bonds. The molecule has 4 nitrogen and oxygen atoms in total. The van der Waals surface area contributed by atoms with Gasteiger partial charge in [-0.25, -0.2) is 0 Å². The maximum atomic E-state index is 13.0. The van der Waals surface area contributed by atoms with Crippen molar-refractivity contribution in [3.63, 3.8) is 0 Å². The van der Waals surface area contributed by atoms with E-state index in [1.165, 1.54) is 16.7 Å². The van der Waals surface area contributed by atoms with Crippen LogP contribution in [-0.2, 0) is 24.1 Å². The lowest BCUT2D eigenvalue weighted by atomic mass is 9.88. The SMILES string of the molecule is O=C(Cc1cnccn1)N1CCc2ccccc2[C@@H]1Cc1ccccc1. The van der Waals surface area contributed by atoms with E-state index >= 15 is 0 Å². The Hall–Kier alpha value is -3.01. The number of hydrogen-bond acceptors (Lipinski definition) is 3. The molecule has 0 saturated heterocycles. The predicted molar refractivity (Wildman–Crippen MR) is 100 cm³/mol. The van der Waals surface area contributed by atoms with Crippen molar-refractivity contribution in [1.29, 1.82) is 0 Å². The van der Waals surface area contributed by atoms with Gasteiger partial charge in [0.1, 0.15) is 0 Å². The van der Waals surface area contributed by atoms with Crippen LogP contribution in [0, 0.1) is 0 Å². The summed E-state index contributed by atoms with van der Waals surface area (Å²) in [5, 5.41) is 0. The summed E-state index contributed by atoms with van der Waals surface area (Å²) in [6, 6.07) is 18.9. The summed E-state index contributed by atoms with van der Waals surface area (Å²) >= 11 is 0. The largest absolute Gasteiger partial charge is 0.335 e. The number of benzene rings is 2. The Labute approximate surface area is 153 Å². The summed E-state index contributed by atoms with van der Waals surface area (Å²) in [6.45, 7) is 0.744. The second-order valence-electron chi connectivity index (χ2n) is 6.61. The van der Waals surface area contributed by atoms with Gasteiger partial charge < -0.3 is 4.90 Å². The topological polar surface area (TPSA) is 46.1 Å². The summed E-state index contributed by atoms with van der Waals surface area (Å²) in [6.07, 6.45) is 6.94. The number of carbonyl (C=O) groups excluding carboxylic acids is 1. The first-order valence-electron chi connectivity index (χ1n) is 8.97. The van der Waals surface area contributed by atoms with Crippen LogP contribution in [0.4, 0.5) is 0 Å². The fourth-order valence-electron chi connectivity index (χ4n) is 3.69. The average Bonchev–Trinajstić information content (AvgIpc) is 2.70. The van der Waals surface area contributed by atoms with E-state index in [-0.39, 0.29) is 11.9 Å². The number of aromatic nitrogens is 2. The van der Waals surface area contributed by atoms with E-state index in [0.717, 1.165) is 25.1 Å². The van der Waals surface area contributed by atoms with E-state index in [4.69, 9.17) is 0 Å². The molecule has 4 rings (SSSR count). The predicted octanol–water partition coefficient (Wildman–Crippen LogP) is 3.39. The zero-order valence-corrected chi connectivity index (χ0v) is 14.6. The maximum Gasteiger partial charge on any atom is 0.229 e. The summed E-state index contributed by atoms with van der Waals surface area (Å²) in [5.41, 5.74) is 4.56. The minimum Gasteiger partial charge on any atom is -0.335 e. The van der Waals surface area contributed by atoms with Crippen molar-refractivity contribution in [2.24, 2.45) is 0 Å². The van der Waals surface area contributed by atoms with Gasteiger partial charge in [0.05, 0.1) is 18.2 Å². The molecular formula is C22H21N3O. The lowest BCUT2D eigenvalue weighted by Gasteiger charge is -2.37. The van der Waals surface area contributed by atoms with Crippen molar-refractivity contribution in [3.8, 4) is 0 Å². The zero-order valence-electron chi connectivity index (χ0n) is 14.6. The highest BCUT2D eigenvalue weighted by Gasteiger charge is 2.30. The monoisotopic (exact) mass is 343 g/mol. The van der Waals surface area contributed by atoms with Crippen LogP contribution in [0.15, 0.2) is 73.2 Å². The second kappa shape index (κ2) is 7.48. The molecule has 0 spiro atoms. The van der Waals surface area contributed by atoms with Crippen LogP contribution in [0.3, 0.4) is 0 Å². The number of hydrogen-bond donors (Lipinski definition) is 0. The number of amides is 1. The van der Waals surface area contributed by atoms with E-state index in [0.29, 0.717) is 6.42 Å². The standard InChI is InChI=1S/C22H21N3O/c26-22(15-19-16-23-11-12-24-19)25-13-10-18-8-4-5-9-20(18)21(25)14-17-6-2-1-3-7-17/h1-9,11-12,16,21H,10,13-15H2/t21-/m0/s1. The Bertz CT molecular complexity index is 880. The Morgan fingerprint density at radius 1 is 1.04 bits per heavy atom. The summed E-state index contributed by atoms with van der Waals surface area (Å²) in [7, 11) is 0. The number of nitrogens with zero attached hydrogens (tertiary/aromatic N) is 3. The molecule has 26 heavy (non-hydrogen) atoms. The van der Waals surface area contributed by atoms with E-state index in [2.05, 4.69) is 58.5 Å². The van der Waals surface area contributed by atoms with Crippen LogP contribution in [0.25, 0.3) is 0 Å². The molecule has 1 aliphatic heterocycles. The van der Waals surface area contributed by atoms with Crippen LogP contribution in [0.5, 0.6) is 0 Å². The first-order valence-corrected chi connectivity index (χ1v) is 8.97. The van der Waals surface area contributed by atoms with Gasteiger partial charge in [0.2, 0.25) is 5.91 Å². The van der Waals surface area contributed by atoms with Crippen molar-refractivity contribution in [3.05, 3.63) is 95.6 Å². The number of rotatable bonds is 4. The Morgan fingerprint density at radius 2 is 1.85 bits per heavy atom. The molecule has 1 aliphatic rings. The van der Waals surface area contributed by atoms with Crippen molar-refractivity contribution >= 4 is 5.91 Å². The Kier molecular flexibility index (Phi) is 4.73. The summed E-state index contributed by atoms with van der Waals surface area (Å²) < 4.78 is 0. The minimum atomic E-state index is 0.0616. The van der Waals surface area contributed by atoms with Crippen molar-refractivity contribution in [2.45, 2.75) is 25.3 Å². The van der Waals surface area contributed by atoms with Crippen molar-refractivity contribution in [1.82, 2.24) is 14.9 Å². The van der Waals surface area contributed by atoms with Gasteiger partial charge in [-0.15, -0.1) is 0 Å². The van der Waals surface area contributed by atoms with E-state index < -0.39 is 0 Å². The van der Waals surface area contributed by atoms with Gasteiger partial charge in [-0.2, -0.15) is 0 Å². The van der Waals surface area contributed by atoms with Crippen LogP contribution in [0.1, 0.15) is 28.4 Å². The average molecular weight is 343 g/mol. The van der Waals surface area contributed by atoms with Crippen LogP contribution in [0.2, 0.25) is 0 Å². The first kappa shape index (κ1) is 16.5. The van der Waals surface area contributed by atoms with Crippen LogP contribution < -0.4 is 0 Å². The summed E-state index contributed by atoms with van der Waals surface area (Å²) in [4.78, 5) is 23.4. The third kappa shape index (κ3) is 3.49. The highest BCUT2D eigenvalue weighted by Crippen LogP contribution is 2.32. The van der Waals surface area contributed by atoms with Crippen molar-refractivity contribution in [2.75, 3.05) is 6.54 Å². The Balaban J connectivity index is 1.63. The molecule has 130 valence electrons. The van der Waals surface area contributed by atoms with E-state index in [9.17, 15) is 4.79 Å². The fourth-order valence-corrected chi connectivity index (χ4v) is 3.69. The molecule has 0 aliphatic carbocycles. The molecule has 2 heterocycles. The normalized spacial score (nSPS) is 16.2. The first-order chi connectivity index (χ1) is 12.8. The second-order valence-corrected chi connectivity index (χ2v) is 6.61. The fraction of sp³-hybridized carbons (Fsp3) is 0.227. The molecule has 0 unspecified atom stereocenters. The molecule has 0 bridgehead atoms. The highest BCUT2D eigenvalue weighted by atomic mass is 16.2. The maximum absolute atomic E-state index is 13.0. The lowest BCUT2D eigenvalue weighted by Crippen LogP contribution is -2.41. The van der Waals surface area contributed by atoms with Crippen LogP contribution in [-0.4, -0.2) is 27.3 Å². The molecule has 0 saturated carbocycles. The van der Waals surface area contributed by atoms with Gasteiger partial charge in [-0.1, -0.05) is 54.6 Å². The molecule has 1 atom stereocenters. The third-order valence-electron chi connectivity index (χ3n) is 4.95. The molecule has 0 N–H and O–H groups in total. The zero-order chi connectivity index (χ0) is 17.8. The van der Waals surface area contributed by atoms with Gasteiger partial charge in [0.15, 0.2) is 0 Å². The lowest BCUT2D eigenvalue weighted by molar-refractivity contribution is -0.133. The quantitative estimate of drug-likeness (QED) is 0.729. The van der Waals surface area contributed by atoms with Crippen molar-refractivity contribution < 1.29 is 4.79 Å². The van der Waals surface area contributed by atoms with Gasteiger partial charge in [0.25, 0.3) is 0 Å². The van der Waals surface area contributed by atoms with Gasteiger partial charge in [0, 0.05) is 25.1 Å². The van der Waals surface area contributed by atoms with Gasteiger partial charge in [-0.3, -0.25) is 14.8 Å². The van der Waals surface area contributed by atoms with E-state index in [1.54, 1.807) is 18.6 Å². The molecule has 0 radical (unpaired) electrons. The minimum absolute atomic E-state index is 0.0616. The Morgan fingerprint density at radius 3 is 2.65 bits per heavy atom. The van der Waals surface area contributed by atoms with Gasteiger partial charge >= 0.3 is 0 Å². The smallest absolute Gasteiger partial charge is 0.229 e. The molecule has 4 heteroatoms. The highest BCUT2D eigenvalue weighted by molar-refractivity contribution is 5.79. The molecule has 1 aromatic heterocycles. The van der Waals surface area contributed by atoms with Crippen LogP contribution >= 0.6 is 0 Å². The summed E-state index contributed by atoms with van der Waals surface area (Å²) in [5.74, 6) is 0.112. The van der Waals surface area contributed by atoms with E-state index in [1.807, 2.05) is 11.0 Å². The van der Waals surface area contributed by atoms with Gasteiger partial charge in [-0.05, 0) is 29.5 Å². The number of fused-ring (bicyclic) bond motifs is 1. The third-order valence-corrected chi connectivity index (χ3v) is 4.95.